The SMILES string of the molecule is CNC(=O)c1ccc(C2CCCCN2Cc2ccc(F)c(C#N)c2)n1C. The number of likely N-dealkylation sites (tertiary alicyclic amines) is 1. The van der Waals surface area contributed by atoms with Gasteiger partial charge in [-0.3, -0.25) is 9.69 Å². The second kappa shape index (κ2) is 7.71. The van der Waals surface area contributed by atoms with Crippen molar-refractivity contribution >= 4 is 5.91 Å². The van der Waals surface area contributed by atoms with Crippen LogP contribution in [0.25, 0.3) is 0 Å². The maximum absolute atomic E-state index is 13.6. The Balaban J connectivity index is 1.86. The Labute approximate surface area is 153 Å². The number of aromatic nitrogens is 1. The van der Waals surface area contributed by atoms with Crippen molar-refractivity contribution in [3.8, 4) is 6.07 Å². The molecule has 1 N–H and O–H groups in total. The van der Waals surface area contributed by atoms with E-state index in [9.17, 15) is 9.18 Å². The molecule has 1 aromatic carbocycles. The third-order valence-electron chi connectivity index (χ3n) is 5.11. The van der Waals surface area contributed by atoms with Crippen LogP contribution in [0.4, 0.5) is 4.39 Å². The molecule has 2 aromatic rings. The fraction of sp³-hybridized carbons (Fsp3) is 0.400. The van der Waals surface area contributed by atoms with Crippen LogP contribution in [0.5, 0.6) is 0 Å². The van der Waals surface area contributed by atoms with Crippen molar-refractivity contribution in [2.45, 2.75) is 31.8 Å². The molecule has 0 radical (unpaired) electrons. The molecule has 2 heterocycles. The number of nitriles is 1. The van der Waals surface area contributed by atoms with Gasteiger partial charge in [-0.1, -0.05) is 12.5 Å². The Morgan fingerprint density at radius 2 is 2.15 bits per heavy atom. The molecular weight excluding hydrogens is 331 g/mol. The van der Waals surface area contributed by atoms with Crippen LogP contribution in [0, 0.1) is 17.1 Å². The number of amides is 1. The van der Waals surface area contributed by atoms with Gasteiger partial charge in [0.2, 0.25) is 0 Å². The van der Waals surface area contributed by atoms with E-state index in [2.05, 4.69) is 10.2 Å². The van der Waals surface area contributed by atoms with Crippen LogP contribution in [0.2, 0.25) is 0 Å². The summed E-state index contributed by atoms with van der Waals surface area (Å²) in [6.45, 7) is 1.59. The van der Waals surface area contributed by atoms with E-state index in [0.29, 0.717) is 12.2 Å². The lowest BCUT2D eigenvalue weighted by Crippen LogP contribution is -2.34. The molecule has 0 bridgehead atoms. The Hall–Kier alpha value is -2.65. The van der Waals surface area contributed by atoms with Crippen molar-refractivity contribution in [1.82, 2.24) is 14.8 Å². The van der Waals surface area contributed by atoms with Gasteiger partial charge in [0, 0.05) is 26.3 Å². The number of carbonyl (C=O) groups is 1. The number of rotatable bonds is 4. The molecule has 1 amide bonds. The third-order valence-corrected chi connectivity index (χ3v) is 5.11. The monoisotopic (exact) mass is 354 g/mol. The molecule has 0 aliphatic carbocycles. The zero-order chi connectivity index (χ0) is 18.7. The quantitative estimate of drug-likeness (QED) is 0.918. The number of halogens is 1. The molecule has 0 saturated carbocycles. The van der Waals surface area contributed by atoms with Gasteiger partial charge in [0.25, 0.3) is 5.91 Å². The largest absolute Gasteiger partial charge is 0.354 e. The molecule has 26 heavy (non-hydrogen) atoms. The van der Waals surface area contributed by atoms with Crippen LogP contribution in [0.15, 0.2) is 30.3 Å². The maximum atomic E-state index is 13.6. The van der Waals surface area contributed by atoms with Crippen molar-refractivity contribution in [2.75, 3.05) is 13.6 Å². The third kappa shape index (κ3) is 3.49. The summed E-state index contributed by atoms with van der Waals surface area (Å²) in [7, 11) is 3.54. The van der Waals surface area contributed by atoms with Crippen molar-refractivity contribution < 1.29 is 9.18 Å². The fourth-order valence-electron chi connectivity index (χ4n) is 3.72. The van der Waals surface area contributed by atoms with Crippen LogP contribution in [0.3, 0.4) is 0 Å². The molecule has 3 rings (SSSR count). The van der Waals surface area contributed by atoms with Crippen LogP contribution >= 0.6 is 0 Å². The first-order valence-corrected chi connectivity index (χ1v) is 8.85. The van der Waals surface area contributed by atoms with Crippen molar-refractivity contribution in [3.63, 3.8) is 0 Å². The highest BCUT2D eigenvalue weighted by molar-refractivity contribution is 5.92. The molecule has 136 valence electrons. The molecule has 1 atom stereocenters. The van der Waals surface area contributed by atoms with Crippen molar-refractivity contribution in [1.29, 1.82) is 5.26 Å². The van der Waals surface area contributed by atoms with Gasteiger partial charge in [0.1, 0.15) is 17.6 Å². The van der Waals surface area contributed by atoms with Gasteiger partial charge in [-0.2, -0.15) is 5.26 Å². The minimum absolute atomic E-state index is 0.0804. The van der Waals surface area contributed by atoms with Crippen LogP contribution in [0.1, 0.15) is 52.6 Å². The van der Waals surface area contributed by atoms with Crippen LogP contribution in [-0.4, -0.2) is 29.0 Å². The summed E-state index contributed by atoms with van der Waals surface area (Å²) in [5.74, 6) is -0.581. The van der Waals surface area contributed by atoms with E-state index < -0.39 is 5.82 Å². The van der Waals surface area contributed by atoms with Crippen molar-refractivity contribution in [3.05, 3.63) is 58.7 Å². The normalized spacial score (nSPS) is 17.7. The second-order valence-corrected chi connectivity index (χ2v) is 6.69. The van der Waals surface area contributed by atoms with E-state index in [4.69, 9.17) is 5.26 Å². The summed E-state index contributed by atoms with van der Waals surface area (Å²) in [5.41, 5.74) is 2.75. The molecule has 1 saturated heterocycles. The lowest BCUT2D eigenvalue weighted by Gasteiger charge is -2.36. The van der Waals surface area contributed by atoms with Crippen molar-refractivity contribution in [2.24, 2.45) is 7.05 Å². The molecule has 1 aliphatic heterocycles. The molecule has 1 fully saturated rings. The van der Waals surface area contributed by atoms with E-state index in [-0.39, 0.29) is 17.5 Å². The second-order valence-electron chi connectivity index (χ2n) is 6.69. The Morgan fingerprint density at radius 1 is 1.35 bits per heavy atom. The molecule has 5 nitrogen and oxygen atoms in total. The minimum atomic E-state index is -0.482. The number of piperidine rings is 1. The first-order valence-electron chi connectivity index (χ1n) is 8.85. The van der Waals surface area contributed by atoms with Gasteiger partial charge in [0.15, 0.2) is 0 Å². The van der Waals surface area contributed by atoms with Gasteiger partial charge in [-0.15, -0.1) is 0 Å². The Kier molecular flexibility index (Phi) is 5.38. The summed E-state index contributed by atoms with van der Waals surface area (Å²) in [5, 5.41) is 11.7. The number of nitrogens with zero attached hydrogens (tertiary/aromatic N) is 3. The number of hydrogen-bond acceptors (Lipinski definition) is 3. The maximum Gasteiger partial charge on any atom is 0.267 e. The topological polar surface area (TPSA) is 61.1 Å². The minimum Gasteiger partial charge on any atom is -0.354 e. The van der Waals surface area contributed by atoms with Gasteiger partial charge in [-0.05, 0) is 49.2 Å². The fourth-order valence-corrected chi connectivity index (χ4v) is 3.72. The van der Waals surface area contributed by atoms with Gasteiger partial charge in [0.05, 0.1) is 11.6 Å². The summed E-state index contributed by atoms with van der Waals surface area (Å²) < 4.78 is 15.5. The van der Waals surface area contributed by atoms with Crippen LogP contribution in [-0.2, 0) is 13.6 Å². The summed E-state index contributed by atoms with van der Waals surface area (Å²) >= 11 is 0. The highest BCUT2D eigenvalue weighted by atomic mass is 19.1. The van der Waals surface area contributed by atoms with Crippen LogP contribution < -0.4 is 5.32 Å². The zero-order valence-corrected chi connectivity index (χ0v) is 15.1. The molecule has 1 aliphatic rings. The number of benzene rings is 1. The van der Waals surface area contributed by atoms with E-state index in [1.54, 1.807) is 19.2 Å². The molecule has 1 unspecified atom stereocenters. The zero-order valence-electron chi connectivity index (χ0n) is 15.1. The standard InChI is InChI=1S/C20H23FN4O/c1-23-20(26)19-9-8-17(24(19)2)18-5-3-4-10-25(18)13-14-6-7-16(21)15(11-14)12-22/h6-9,11,18H,3-5,10,13H2,1-2H3,(H,23,26). The van der Waals surface area contributed by atoms with E-state index >= 15 is 0 Å². The lowest BCUT2D eigenvalue weighted by molar-refractivity contribution is 0.0952. The van der Waals surface area contributed by atoms with Gasteiger partial charge < -0.3 is 9.88 Å². The van der Waals surface area contributed by atoms with E-state index in [1.165, 1.54) is 6.07 Å². The highest BCUT2D eigenvalue weighted by Crippen LogP contribution is 2.33. The number of nitrogens with one attached hydrogen (secondary N) is 1. The smallest absolute Gasteiger partial charge is 0.267 e. The summed E-state index contributed by atoms with van der Waals surface area (Å²) in [6.07, 6.45) is 3.25. The first kappa shape index (κ1) is 18.2. The molecule has 1 aromatic heterocycles. The molecule has 6 heteroatoms. The molecular formula is C20H23FN4O. The van der Waals surface area contributed by atoms with E-state index in [1.807, 2.05) is 29.8 Å². The predicted octanol–water partition coefficient (Wildman–Crippen LogP) is 3.12. The average Bonchev–Trinajstić information content (AvgIpc) is 3.04. The highest BCUT2D eigenvalue weighted by Gasteiger charge is 2.27. The number of carbonyl (C=O) groups excluding carboxylic acids is 1. The van der Waals surface area contributed by atoms with Gasteiger partial charge in [-0.25, -0.2) is 4.39 Å². The first-order chi connectivity index (χ1) is 12.5. The molecule has 0 spiro atoms. The van der Waals surface area contributed by atoms with Gasteiger partial charge >= 0.3 is 0 Å². The van der Waals surface area contributed by atoms with E-state index in [0.717, 1.165) is 37.1 Å². The predicted molar refractivity (Wildman–Crippen MR) is 96.9 cm³/mol. The Bertz CT molecular complexity index is 852. The Morgan fingerprint density at radius 3 is 2.88 bits per heavy atom. The number of hydrogen-bond donors (Lipinski definition) is 1. The summed E-state index contributed by atoms with van der Waals surface area (Å²) in [4.78, 5) is 14.3. The average molecular weight is 354 g/mol. The lowest BCUT2D eigenvalue weighted by atomic mass is 9.98. The summed E-state index contributed by atoms with van der Waals surface area (Å²) in [6, 6.07) is 10.7.